The van der Waals surface area contributed by atoms with Crippen LogP contribution in [0.4, 0.5) is 0 Å². The van der Waals surface area contributed by atoms with E-state index >= 15 is 0 Å². The molecule has 1 aromatic rings. The Kier molecular flexibility index (Phi) is 4.37. The van der Waals surface area contributed by atoms with Crippen LogP contribution in [-0.4, -0.2) is 31.1 Å². The minimum atomic E-state index is 0. The molecule has 0 aliphatic carbocycles. The Morgan fingerprint density at radius 1 is 1.25 bits per heavy atom. The molecule has 2 heteroatoms. The third-order valence-corrected chi connectivity index (χ3v) is 3.29. The van der Waals surface area contributed by atoms with Gasteiger partial charge < -0.3 is 10.2 Å². The summed E-state index contributed by atoms with van der Waals surface area (Å²) in [5.74, 6) is 0. The number of likely N-dealkylation sites (tertiary alicyclic amines) is 1. The van der Waals surface area contributed by atoms with Crippen LogP contribution < -0.4 is 5.32 Å². The minimum absolute atomic E-state index is 0. The van der Waals surface area contributed by atoms with Crippen molar-refractivity contribution in [1.82, 2.24) is 10.2 Å². The summed E-state index contributed by atoms with van der Waals surface area (Å²) in [6, 6.07) is 11.3. The van der Waals surface area contributed by atoms with Gasteiger partial charge in [-0.1, -0.05) is 37.3 Å². The molecule has 1 aliphatic heterocycles. The Bertz CT molecular complexity index is 296. The van der Waals surface area contributed by atoms with Crippen molar-refractivity contribution in [3.8, 4) is 0 Å². The number of likely N-dealkylation sites (N-methyl/N-ethyl adjacent to an activating group) is 1. The van der Waals surface area contributed by atoms with E-state index in [0.717, 1.165) is 13.1 Å². The fourth-order valence-corrected chi connectivity index (χ4v) is 2.44. The highest BCUT2D eigenvalue weighted by Gasteiger charge is 2.17. The van der Waals surface area contributed by atoms with Crippen LogP contribution in [0.2, 0.25) is 0 Å². The highest BCUT2D eigenvalue weighted by molar-refractivity contribution is 5.19. The molecule has 16 heavy (non-hydrogen) atoms. The second kappa shape index (κ2) is 6.02. The molecule has 0 aromatic heterocycles. The highest BCUT2D eigenvalue weighted by atomic mass is 15.2. The van der Waals surface area contributed by atoms with E-state index in [2.05, 4.69) is 47.5 Å². The van der Waals surface area contributed by atoms with E-state index in [1.165, 1.54) is 31.5 Å². The van der Waals surface area contributed by atoms with Crippen LogP contribution in [0, 0.1) is 0 Å². The van der Waals surface area contributed by atoms with Crippen molar-refractivity contribution in [2.24, 2.45) is 0 Å². The first-order chi connectivity index (χ1) is 7.90. The number of nitrogens with one attached hydrogen (secondary N) is 1. The van der Waals surface area contributed by atoms with Crippen molar-refractivity contribution in [2.45, 2.75) is 25.8 Å². The van der Waals surface area contributed by atoms with E-state index in [-0.39, 0.29) is 1.43 Å². The summed E-state index contributed by atoms with van der Waals surface area (Å²) in [7, 11) is 0. The topological polar surface area (TPSA) is 15.3 Å². The first-order valence-corrected chi connectivity index (χ1v) is 6.41. The molecule has 1 fully saturated rings. The zero-order valence-corrected chi connectivity index (χ0v) is 10.2. The molecule has 0 amide bonds. The number of rotatable bonds is 5. The summed E-state index contributed by atoms with van der Waals surface area (Å²) >= 11 is 0. The molecule has 0 spiro atoms. The maximum atomic E-state index is 3.58. The van der Waals surface area contributed by atoms with E-state index in [9.17, 15) is 0 Å². The molecule has 2 nitrogen and oxygen atoms in total. The normalized spacial score (nSPS) is 18.8. The van der Waals surface area contributed by atoms with Gasteiger partial charge in [0.25, 0.3) is 0 Å². The van der Waals surface area contributed by atoms with Gasteiger partial charge in [0.2, 0.25) is 0 Å². The van der Waals surface area contributed by atoms with Gasteiger partial charge in [-0.2, -0.15) is 0 Å². The molecular formula is C14H24N2. The second-order valence-electron chi connectivity index (χ2n) is 4.53. The summed E-state index contributed by atoms with van der Waals surface area (Å²) in [4.78, 5) is 2.57. The molecule has 0 bridgehead atoms. The molecule has 1 N–H and O–H groups in total. The largest absolute Gasteiger partial charge is 0.309 e. The zero-order chi connectivity index (χ0) is 11.2. The van der Waals surface area contributed by atoms with Crippen LogP contribution in [0.1, 0.15) is 32.8 Å². The average molecular weight is 220 g/mol. The van der Waals surface area contributed by atoms with Crippen LogP contribution in [0.5, 0.6) is 0 Å². The lowest BCUT2D eigenvalue weighted by Crippen LogP contribution is -2.33. The Morgan fingerprint density at radius 2 is 1.94 bits per heavy atom. The highest BCUT2D eigenvalue weighted by Crippen LogP contribution is 2.17. The Balaban J connectivity index is 0.00000144. The summed E-state index contributed by atoms with van der Waals surface area (Å²) < 4.78 is 0. The van der Waals surface area contributed by atoms with Gasteiger partial charge in [0.05, 0.1) is 0 Å². The number of hydrogen-bond donors (Lipinski definition) is 1. The lowest BCUT2D eigenvalue weighted by molar-refractivity contribution is 0.294. The first kappa shape index (κ1) is 11.6. The van der Waals surface area contributed by atoms with Crippen LogP contribution >= 0.6 is 0 Å². The molecule has 1 aliphatic rings. The molecule has 1 saturated heterocycles. The molecule has 0 radical (unpaired) electrons. The maximum absolute atomic E-state index is 3.58. The first-order valence-electron chi connectivity index (χ1n) is 6.41. The molecule has 1 heterocycles. The van der Waals surface area contributed by atoms with Crippen LogP contribution in [0.3, 0.4) is 0 Å². The zero-order valence-electron chi connectivity index (χ0n) is 10.2. The van der Waals surface area contributed by atoms with Gasteiger partial charge in [0, 0.05) is 14.0 Å². The predicted molar refractivity (Wildman–Crippen MR) is 70.6 cm³/mol. The Hall–Kier alpha value is -0.860. The molecule has 0 saturated carbocycles. The van der Waals surface area contributed by atoms with Gasteiger partial charge in [0.15, 0.2) is 0 Å². The molecular weight excluding hydrogens is 196 g/mol. The van der Waals surface area contributed by atoms with Crippen molar-refractivity contribution in [3.63, 3.8) is 0 Å². The van der Waals surface area contributed by atoms with E-state index in [0.29, 0.717) is 6.04 Å². The van der Waals surface area contributed by atoms with Gasteiger partial charge >= 0.3 is 0 Å². The van der Waals surface area contributed by atoms with Crippen molar-refractivity contribution in [2.75, 3.05) is 26.2 Å². The summed E-state index contributed by atoms with van der Waals surface area (Å²) in [6.07, 6.45) is 2.74. The molecule has 1 unspecified atom stereocenters. The van der Waals surface area contributed by atoms with E-state index in [4.69, 9.17) is 0 Å². The van der Waals surface area contributed by atoms with Crippen molar-refractivity contribution in [3.05, 3.63) is 35.9 Å². The van der Waals surface area contributed by atoms with Crippen LogP contribution in [-0.2, 0) is 0 Å². The van der Waals surface area contributed by atoms with Gasteiger partial charge in [0.1, 0.15) is 0 Å². The third-order valence-electron chi connectivity index (χ3n) is 3.29. The predicted octanol–water partition coefficient (Wildman–Crippen LogP) is 2.68. The summed E-state index contributed by atoms with van der Waals surface area (Å²) in [6.45, 7) is 6.91. The van der Waals surface area contributed by atoms with E-state index in [1.54, 1.807) is 0 Å². The SMILES string of the molecule is CCNC(CN1CCCC1)c1ccccc1.[HH]. The van der Waals surface area contributed by atoms with E-state index in [1.807, 2.05) is 0 Å². The van der Waals surface area contributed by atoms with Crippen molar-refractivity contribution < 1.29 is 1.43 Å². The van der Waals surface area contributed by atoms with Crippen LogP contribution in [0.15, 0.2) is 30.3 Å². The standard InChI is InChI=1S/C14H22N2.H2/c1-2-15-14(12-16-10-6-7-11-16)13-8-4-3-5-9-13;/h3-5,8-9,14-15H,2,6-7,10-12H2,1H3;1H. The third kappa shape index (κ3) is 3.06. The molecule has 1 aromatic carbocycles. The fraction of sp³-hybridized carbons (Fsp3) is 0.571. The van der Waals surface area contributed by atoms with Crippen molar-refractivity contribution >= 4 is 0 Å². The lowest BCUT2D eigenvalue weighted by Gasteiger charge is -2.24. The maximum Gasteiger partial charge on any atom is 0.0449 e. The van der Waals surface area contributed by atoms with Gasteiger partial charge in [-0.15, -0.1) is 0 Å². The van der Waals surface area contributed by atoms with Crippen LogP contribution in [0.25, 0.3) is 0 Å². The Morgan fingerprint density at radius 3 is 2.56 bits per heavy atom. The van der Waals surface area contributed by atoms with Gasteiger partial charge in [-0.05, 0) is 38.0 Å². The number of benzene rings is 1. The number of hydrogen-bond acceptors (Lipinski definition) is 2. The molecule has 90 valence electrons. The van der Waals surface area contributed by atoms with E-state index < -0.39 is 0 Å². The average Bonchev–Trinajstić information content (AvgIpc) is 2.83. The minimum Gasteiger partial charge on any atom is -0.309 e. The summed E-state index contributed by atoms with van der Waals surface area (Å²) in [5, 5.41) is 3.58. The quantitative estimate of drug-likeness (QED) is 0.820. The molecule has 1 atom stereocenters. The van der Waals surface area contributed by atoms with Gasteiger partial charge in [-0.3, -0.25) is 0 Å². The lowest BCUT2D eigenvalue weighted by atomic mass is 10.1. The fourth-order valence-electron chi connectivity index (χ4n) is 2.44. The number of nitrogens with zero attached hydrogens (tertiary/aromatic N) is 1. The summed E-state index contributed by atoms with van der Waals surface area (Å²) in [5.41, 5.74) is 1.41. The van der Waals surface area contributed by atoms with Gasteiger partial charge in [-0.25, -0.2) is 0 Å². The smallest absolute Gasteiger partial charge is 0.0449 e. The Labute approximate surface area is 100 Å². The van der Waals surface area contributed by atoms with Crippen molar-refractivity contribution in [1.29, 1.82) is 0 Å². The molecule has 2 rings (SSSR count). The second-order valence-corrected chi connectivity index (χ2v) is 4.53. The monoisotopic (exact) mass is 220 g/mol.